The minimum Gasteiger partial charge on any atom is -0.388 e. The normalized spacial score (nSPS) is 18.4. The molecule has 0 saturated carbocycles. The predicted octanol–water partition coefficient (Wildman–Crippen LogP) is 3.62. The molecule has 2 aromatic rings. The van der Waals surface area contributed by atoms with Gasteiger partial charge in [-0.1, -0.05) is 36.4 Å². The molecule has 132 valence electrons. The van der Waals surface area contributed by atoms with Crippen molar-refractivity contribution in [2.75, 3.05) is 6.54 Å². The van der Waals surface area contributed by atoms with Crippen LogP contribution in [0.5, 0.6) is 0 Å². The summed E-state index contributed by atoms with van der Waals surface area (Å²) in [6.07, 6.45) is 1.09. The average Bonchev–Trinajstić information content (AvgIpc) is 3.07. The molecule has 1 saturated heterocycles. The SMILES string of the molecule is O=C(Cc1c(F)cccc1F)N1CCCC1CC(O)c1ccccc1. The molecular formula is C20H21F2NO2. The zero-order valence-corrected chi connectivity index (χ0v) is 13.9. The summed E-state index contributed by atoms with van der Waals surface area (Å²) < 4.78 is 27.6. The van der Waals surface area contributed by atoms with Crippen LogP contribution in [0.25, 0.3) is 0 Å². The third-order valence-electron chi connectivity index (χ3n) is 4.77. The van der Waals surface area contributed by atoms with Crippen molar-refractivity contribution in [2.45, 2.75) is 37.8 Å². The summed E-state index contributed by atoms with van der Waals surface area (Å²) in [6, 6.07) is 12.8. The first-order valence-corrected chi connectivity index (χ1v) is 8.51. The largest absolute Gasteiger partial charge is 0.388 e. The van der Waals surface area contributed by atoms with E-state index < -0.39 is 17.7 Å². The molecule has 2 atom stereocenters. The molecule has 2 unspecified atom stereocenters. The van der Waals surface area contributed by atoms with E-state index in [0.29, 0.717) is 13.0 Å². The maximum atomic E-state index is 13.8. The number of benzene rings is 2. The van der Waals surface area contributed by atoms with Gasteiger partial charge < -0.3 is 10.0 Å². The molecular weight excluding hydrogens is 324 g/mol. The van der Waals surface area contributed by atoms with Crippen molar-refractivity contribution < 1.29 is 18.7 Å². The Morgan fingerprint density at radius 3 is 2.48 bits per heavy atom. The van der Waals surface area contributed by atoms with E-state index >= 15 is 0 Å². The van der Waals surface area contributed by atoms with Crippen LogP contribution < -0.4 is 0 Å². The smallest absolute Gasteiger partial charge is 0.227 e. The van der Waals surface area contributed by atoms with E-state index in [0.717, 1.165) is 30.5 Å². The van der Waals surface area contributed by atoms with Crippen molar-refractivity contribution in [3.8, 4) is 0 Å². The number of carbonyl (C=O) groups excluding carboxylic acids is 1. The second-order valence-corrected chi connectivity index (χ2v) is 6.42. The number of aliphatic hydroxyl groups is 1. The number of nitrogens with zero attached hydrogens (tertiary/aromatic N) is 1. The Morgan fingerprint density at radius 1 is 1.12 bits per heavy atom. The predicted molar refractivity (Wildman–Crippen MR) is 90.8 cm³/mol. The minimum absolute atomic E-state index is 0.113. The lowest BCUT2D eigenvalue weighted by atomic mass is 10.00. The van der Waals surface area contributed by atoms with Crippen LogP contribution in [0.2, 0.25) is 0 Å². The molecule has 0 bridgehead atoms. The number of rotatable bonds is 5. The lowest BCUT2D eigenvalue weighted by Gasteiger charge is -2.27. The molecule has 0 spiro atoms. The molecule has 0 radical (unpaired) electrons. The number of aliphatic hydroxyl groups excluding tert-OH is 1. The standard InChI is InChI=1S/C20H21F2NO2/c21-17-9-4-10-18(22)16(17)13-20(25)23-11-5-8-15(23)12-19(24)14-6-2-1-3-7-14/h1-4,6-7,9-10,15,19,24H,5,8,11-13H2. The van der Waals surface area contributed by atoms with Crippen LogP contribution in [-0.2, 0) is 11.2 Å². The second-order valence-electron chi connectivity index (χ2n) is 6.42. The highest BCUT2D eigenvalue weighted by Gasteiger charge is 2.31. The van der Waals surface area contributed by atoms with E-state index in [1.165, 1.54) is 6.07 Å². The Bertz CT molecular complexity index is 715. The first-order chi connectivity index (χ1) is 12.1. The first kappa shape index (κ1) is 17.5. The lowest BCUT2D eigenvalue weighted by molar-refractivity contribution is -0.131. The molecule has 5 heteroatoms. The summed E-state index contributed by atoms with van der Waals surface area (Å²) in [5, 5.41) is 10.4. The summed E-state index contributed by atoms with van der Waals surface area (Å²) in [4.78, 5) is 14.2. The van der Waals surface area contributed by atoms with E-state index in [1.807, 2.05) is 30.3 Å². The van der Waals surface area contributed by atoms with E-state index in [1.54, 1.807) is 4.90 Å². The van der Waals surface area contributed by atoms with Gasteiger partial charge in [-0.2, -0.15) is 0 Å². The Labute approximate surface area is 145 Å². The van der Waals surface area contributed by atoms with Crippen LogP contribution in [0.3, 0.4) is 0 Å². The number of halogens is 2. The maximum Gasteiger partial charge on any atom is 0.227 e. The number of likely N-dealkylation sites (tertiary alicyclic amines) is 1. The van der Waals surface area contributed by atoms with Crippen molar-refractivity contribution in [2.24, 2.45) is 0 Å². The van der Waals surface area contributed by atoms with Gasteiger partial charge in [0.2, 0.25) is 5.91 Å². The molecule has 1 heterocycles. The van der Waals surface area contributed by atoms with Crippen molar-refractivity contribution in [3.05, 3.63) is 71.3 Å². The molecule has 25 heavy (non-hydrogen) atoms. The Hall–Kier alpha value is -2.27. The first-order valence-electron chi connectivity index (χ1n) is 8.51. The van der Waals surface area contributed by atoms with Crippen LogP contribution >= 0.6 is 0 Å². The maximum absolute atomic E-state index is 13.8. The van der Waals surface area contributed by atoms with Crippen molar-refractivity contribution in [1.29, 1.82) is 0 Å². The molecule has 1 aliphatic heterocycles. The van der Waals surface area contributed by atoms with E-state index in [2.05, 4.69) is 0 Å². The van der Waals surface area contributed by atoms with Crippen LogP contribution in [-0.4, -0.2) is 28.5 Å². The summed E-state index contributed by atoms with van der Waals surface area (Å²) >= 11 is 0. The second kappa shape index (κ2) is 7.74. The fraction of sp³-hybridized carbons (Fsp3) is 0.350. The van der Waals surface area contributed by atoms with Gasteiger partial charge in [0.25, 0.3) is 0 Å². The van der Waals surface area contributed by atoms with Crippen molar-refractivity contribution in [3.63, 3.8) is 0 Å². The molecule has 3 nitrogen and oxygen atoms in total. The minimum atomic E-state index is -0.701. The molecule has 1 aliphatic rings. The molecule has 3 rings (SSSR count). The number of carbonyl (C=O) groups is 1. The number of hydrogen-bond donors (Lipinski definition) is 1. The highest BCUT2D eigenvalue weighted by molar-refractivity contribution is 5.79. The molecule has 2 aromatic carbocycles. The number of hydrogen-bond acceptors (Lipinski definition) is 2. The monoisotopic (exact) mass is 345 g/mol. The van der Waals surface area contributed by atoms with Gasteiger partial charge in [0.1, 0.15) is 11.6 Å². The van der Waals surface area contributed by atoms with Gasteiger partial charge in [-0.05, 0) is 37.0 Å². The molecule has 1 fully saturated rings. The van der Waals surface area contributed by atoms with Gasteiger partial charge in [0.15, 0.2) is 0 Å². The summed E-state index contributed by atoms with van der Waals surface area (Å²) in [7, 11) is 0. The molecule has 0 aromatic heterocycles. The van der Waals surface area contributed by atoms with Gasteiger partial charge in [-0.15, -0.1) is 0 Å². The van der Waals surface area contributed by atoms with Crippen LogP contribution in [0.1, 0.15) is 36.5 Å². The molecule has 1 N–H and O–H groups in total. The Morgan fingerprint density at radius 2 is 1.80 bits per heavy atom. The van der Waals surface area contributed by atoms with E-state index in [9.17, 15) is 18.7 Å². The lowest BCUT2D eigenvalue weighted by Crippen LogP contribution is -2.37. The van der Waals surface area contributed by atoms with Crippen molar-refractivity contribution >= 4 is 5.91 Å². The van der Waals surface area contributed by atoms with Crippen molar-refractivity contribution in [1.82, 2.24) is 4.90 Å². The van der Waals surface area contributed by atoms with Gasteiger partial charge in [-0.3, -0.25) is 4.79 Å². The van der Waals surface area contributed by atoms with Gasteiger partial charge in [-0.25, -0.2) is 8.78 Å². The number of amides is 1. The van der Waals surface area contributed by atoms with Crippen LogP contribution in [0.4, 0.5) is 8.78 Å². The third-order valence-corrected chi connectivity index (χ3v) is 4.77. The summed E-state index contributed by atoms with van der Waals surface area (Å²) in [6.45, 7) is 0.557. The van der Waals surface area contributed by atoms with Crippen LogP contribution in [0.15, 0.2) is 48.5 Å². The zero-order chi connectivity index (χ0) is 17.8. The highest BCUT2D eigenvalue weighted by Crippen LogP contribution is 2.28. The van der Waals surface area contributed by atoms with Gasteiger partial charge in [0, 0.05) is 18.2 Å². The van der Waals surface area contributed by atoms with Gasteiger partial charge >= 0.3 is 0 Å². The highest BCUT2D eigenvalue weighted by atomic mass is 19.1. The summed E-state index contributed by atoms with van der Waals surface area (Å²) in [5.74, 6) is -1.70. The summed E-state index contributed by atoms with van der Waals surface area (Å²) in [5.41, 5.74) is 0.615. The Kier molecular flexibility index (Phi) is 5.43. The topological polar surface area (TPSA) is 40.5 Å². The van der Waals surface area contributed by atoms with Crippen LogP contribution in [0, 0.1) is 11.6 Å². The molecule has 0 aliphatic carbocycles. The van der Waals surface area contributed by atoms with E-state index in [-0.39, 0.29) is 23.9 Å². The average molecular weight is 345 g/mol. The quantitative estimate of drug-likeness (QED) is 0.899. The third kappa shape index (κ3) is 4.04. The fourth-order valence-electron chi connectivity index (χ4n) is 3.43. The van der Waals surface area contributed by atoms with Gasteiger partial charge in [0.05, 0.1) is 12.5 Å². The fourth-order valence-corrected chi connectivity index (χ4v) is 3.43. The Balaban J connectivity index is 1.68. The zero-order valence-electron chi connectivity index (χ0n) is 13.9. The molecule has 1 amide bonds. The van der Waals surface area contributed by atoms with E-state index in [4.69, 9.17) is 0 Å².